The molecule has 102 valence electrons. The van der Waals surface area contributed by atoms with Crippen LogP contribution in [0.5, 0.6) is 0 Å². The van der Waals surface area contributed by atoms with Gasteiger partial charge in [-0.15, -0.1) is 12.6 Å². The molecule has 2 aromatic rings. The van der Waals surface area contributed by atoms with Gasteiger partial charge in [-0.25, -0.2) is 0 Å². The van der Waals surface area contributed by atoms with E-state index in [4.69, 9.17) is 0 Å². The van der Waals surface area contributed by atoms with Crippen LogP contribution < -0.4 is 0 Å². The average molecular weight is 272 g/mol. The van der Waals surface area contributed by atoms with Gasteiger partial charge < -0.3 is 0 Å². The second-order valence-electron chi connectivity index (χ2n) is 4.45. The molecule has 0 fully saturated rings. The summed E-state index contributed by atoms with van der Waals surface area (Å²) in [7, 11) is 0. The Labute approximate surface area is 123 Å². The minimum atomic E-state index is 1.02. The van der Waals surface area contributed by atoms with E-state index in [1.54, 1.807) is 5.56 Å². The van der Waals surface area contributed by atoms with Gasteiger partial charge in [-0.1, -0.05) is 57.2 Å². The highest BCUT2D eigenvalue weighted by Crippen LogP contribution is 2.16. The molecule has 0 heterocycles. The van der Waals surface area contributed by atoms with Crippen LogP contribution in [0.1, 0.15) is 37.5 Å². The quantitative estimate of drug-likeness (QED) is 0.715. The van der Waals surface area contributed by atoms with Gasteiger partial charge in [-0.2, -0.15) is 0 Å². The fourth-order valence-electron chi connectivity index (χ4n) is 2.23. The Kier molecular flexibility index (Phi) is 7.35. The van der Waals surface area contributed by atoms with E-state index >= 15 is 0 Å². The minimum Gasteiger partial charge on any atom is -0.143 e. The van der Waals surface area contributed by atoms with Crippen LogP contribution in [0.4, 0.5) is 0 Å². The van der Waals surface area contributed by atoms with Gasteiger partial charge in [0.25, 0.3) is 0 Å². The molecule has 19 heavy (non-hydrogen) atoms. The van der Waals surface area contributed by atoms with Gasteiger partial charge in [0.05, 0.1) is 0 Å². The molecule has 0 aliphatic heterocycles. The third-order valence-electron chi connectivity index (χ3n) is 3.24. The van der Waals surface area contributed by atoms with Crippen molar-refractivity contribution >= 4 is 12.6 Å². The average Bonchev–Trinajstić information content (AvgIpc) is 2.47. The highest BCUT2D eigenvalue weighted by Gasteiger charge is 2.02. The topological polar surface area (TPSA) is 0 Å². The van der Waals surface area contributed by atoms with Gasteiger partial charge in [0, 0.05) is 4.90 Å². The maximum atomic E-state index is 4.08. The van der Waals surface area contributed by atoms with Crippen molar-refractivity contribution in [3.8, 4) is 0 Å². The molecule has 0 radical (unpaired) electrons. The van der Waals surface area contributed by atoms with Crippen molar-refractivity contribution in [3.05, 3.63) is 65.2 Å². The van der Waals surface area contributed by atoms with Gasteiger partial charge in [-0.3, -0.25) is 0 Å². The SMILES string of the molecule is CCc1cccc(CC)c1CC.Sc1ccccc1. The summed E-state index contributed by atoms with van der Waals surface area (Å²) in [6.07, 6.45) is 3.50. The van der Waals surface area contributed by atoms with Crippen LogP contribution in [0.15, 0.2) is 53.4 Å². The maximum absolute atomic E-state index is 4.08. The predicted octanol–water partition coefficient (Wildman–Crippen LogP) is 5.35. The smallest absolute Gasteiger partial charge is 0.00399 e. The number of rotatable bonds is 3. The molecule has 0 nitrogen and oxygen atoms in total. The van der Waals surface area contributed by atoms with Crippen LogP contribution >= 0.6 is 12.6 Å². The lowest BCUT2D eigenvalue weighted by atomic mass is 9.96. The lowest BCUT2D eigenvalue weighted by Crippen LogP contribution is -1.96. The summed E-state index contributed by atoms with van der Waals surface area (Å²) in [6, 6.07) is 16.5. The standard InChI is InChI=1S/C12H18.C6H6S/c1-4-10-8-7-9-11(5-2)12(10)6-3;7-6-4-2-1-3-5-6/h7-9H,4-6H2,1-3H3;1-5,7H. The first-order chi connectivity index (χ1) is 9.22. The fraction of sp³-hybridized carbons (Fsp3) is 0.333. The second kappa shape index (κ2) is 8.82. The van der Waals surface area contributed by atoms with E-state index in [2.05, 4.69) is 51.6 Å². The Hall–Kier alpha value is -1.21. The van der Waals surface area contributed by atoms with Crippen LogP contribution in [-0.4, -0.2) is 0 Å². The highest BCUT2D eigenvalue weighted by atomic mass is 32.1. The van der Waals surface area contributed by atoms with Crippen LogP contribution in [0.3, 0.4) is 0 Å². The van der Waals surface area contributed by atoms with Crippen molar-refractivity contribution in [2.24, 2.45) is 0 Å². The summed E-state index contributed by atoms with van der Waals surface area (Å²) < 4.78 is 0. The Morgan fingerprint density at radius 1 is 0.684 bits per heavy atom. The Balaban J connectivity index is 0.000000218. The molecule has 2 aromatic carbocycles. The van der Waals surface area contributed by atoms with Gasteiger partial charge >= 0.3 is 0 Å². The molecule has 0 bridgehead atoms. The molecule has 0 aliphatic rings. The normalized spacial score (nSPS) is 9.68. The number of hydrogen-bond donors (Lipinski definition) is 1. The van der Waals surface area contributed by atoms with Crippen molar-refractivity contribution in [3.63, 3.8) is 0 Å². The first kappa shape index (κ1) is 15.8. The molecular weight excluding hydrogens is 248 g/mol. The molecule has 0 aromatic heterocycles. The first-order valence-electron chi connectivity index (χ1n) is 7.06. The first-order valence-corrected chi connectivity index (χ1v) is 7.51. The van der Waals surface area contributed by atoms with Crippen LogP contribution in [-0.2, 0) is 19.3 Å². The van der Waals surface area contributed by atoms with Crippen molar-refractivity contribution < 1.29 is 0 Å². The zero-order chi connectivity index (χ0) is 14.1. The van der Waals surface area contributed by atoms with Crippen LogP contribution in [0.2, 0.25) is 0 Å². The summed E-state index contributed by atoms with van der Waals surface area (Å²) >= 11 is 4.08. The zero-order valence-electron chi connectivity index (χ0n) is 12.2. The number of benzene rings is 2. The molecule has 0 saturated carbocycles. The van der Waals surface area contributed by atoms with E-state index in [1.807, 2.05) is 30.3 Å². The summed E-state index contributed by atoms with van der Waals surface area (Å²) in [5.74, 6) is 0. The molecule has 0 N–H and O–H groups in total. The van der Waals surface area contributed by atoms with Crippen LogP contribution in [0, 0.1) is 0 Å². The van der Waals surface area contributed by atoms with Crippen molar-refractivity contribution in [1.82, 2.24) is 0 Å². The molecule has 0 atom stereocenters. The van der Waals surface area contributed by atoms with Crippen molar-refractivity contribution in [2.75, 3.05) is 0 Å². The van der Waals surface area contributed by atoms with Crippen molar-refractivity contribution in [1.29, 1.82) is 0 Å². The van der Waals surface area contributed by atoms with E-state index in [0.29, 0.717) is 0 Å². The molecule has 0 saturated heterocycles. The van der Waals surface area contributed by atoms with E-state index in [9.17, 15) is 0 Å². The molecular formula is C18H24S. The third-order valence-corrected chi connectivity index (χ3v) is 3.54. The monoisotopic (exact) mass is 272 g/mol. The van der Waals surface area contributed by atoms with Gasteiger partial charge in [0.2, 0.25) is 0 Å². The fourth-order valence-corrected chi connectivity index (χ4v) is 2.40. The highest BCUT2D eigenvalue weighted by molar-refractivity contribution is 7.80. The second-order valence-corrected chi connectivity index (χ2v) is 4.97. The largest absolute Gasteiger partial charge is 0.143 e. The minimum absolute atomic E-state index is 1.02. The molecule has 0 amide bonds. The zero-order valence-corrected chi connectivity index (χ0v) is 13.1. The van der Waals surface area contributed by atoms with Crippen LogP contribution in [0.25, 0.3) is 0 Å². The van der Waals surface area contributed by atoms with E-state index in [-0.39, 0.29) is 0 Å². The number of thiol groups is 1. The Morgan fingerprint density at radius 3 is 1.53 bits per heavy atom. The third kappa shape index (κ3) is 5.12. The molecule has 1 heteroatoms. The Bertz CT molecular complexity index is 452. The number of aryl methyl sites for hydroxylation is 2. The summed E-state index contributed by atoms with van der Waals surface area (Å²) in [5.41, 5.74) is 4.62. The van der Waals surface area contributed by atoms with Gasteiger partial charge in [0.15, 0.2) is 0 Å². The van der Waals surface area contributed by atoms with E-state index < -0.39 is 0 Å². The lowest BCUT2D eigenvalue weighted by Gasteiger charge is -2.10. The van der Waals surface area contributed by atoms with E-state index in [1.165, 1.54) is 17.5 Å². The van der Waals surface area contributed by atoms with Gasteiger partial charge in [0.1, 0.15) is 0 Å². The maximum Gasteiger partial charge on any atom is 0.00399 e. The molecule has 2 rings (SSSR count). The van der Waals surface area contributed by atoms with Crippen molar-refractivity contribution in [2.45, 2.75) is 44.9 Å². The van der Waals surface area contributed by atoms with Gasteiger partial charge in [-0.05, 0) is 48.1 Å². The van der Waals surface area contributed by atoms with E-state index in [0.717, 1.165) is 17.7 Å². The molecule has 0 aliphatic carbocycles. The summed E-state index contributed by atoms with van der Waals surface area (Å²) in [4.78, 5) is 1.02. The molecule has 0 unspecified atom stereocenters. The Morgan fingerprint density at radius 2 is 1.21 bits per heavy atom. The predicted molar refractivity (Wildman–Crippen MR) is 88.3 cm³/mol. The lowest BCUT2D eigenvalue weighted by molar-refractivity contribution is 0.981. The summed E-state index contributed by atoms with van der Waals surface area (Å²) in [6.45, 7) is 6.70. The number of hydrogen-bond acceptors (Lipinski definition) is 1. The molecule has 0 spiro atoms. The summed E-state index contributed by atoms with van der Waals surface area (Å²) in [5, 5.41) is 0.